The summed E-state index contributed by atoms with van der Waals surface area (Å²) < 4.78 is 0. The van der Waals surface area contributed by atoms with Gasteiger partial charge in [-0.2, -0.15) is 0 Å². The number of hydrogen-bond donors (Lipinski definition) is 0. The van der Waals surface area contributed by atoms with E-state index in [0.29, 0.717) is 11.4 Å². The highest BCUT2D eigenvalue weighted by atomic mass is 35.5. The van der Waals surface area contributed by atoms with Crippen LogP contribution in [-0.4, -0.2) is 5.78 Å². The molecule has 1 aromatic heterocycles. The van der Waals surface area contributed by atoms with Crippen molar-refractivity contribution in [3.8, 4) is 0 Å². The Balaban J connectivity index is 2.17. The zero-order valence-electron chi connectivity index (χ0n) is 8.87. The topological polar surface area (TPSA) is 17.1 Å². The van der Waals surface area contributed by atoms with Crippen molar-refractivity contribution < 1.29 is 4.79 Å². The summed E-state index contributed by atoms with van der Waals surface area (Å²) in [6, 6.07) is 9.41. The van der Waals surface area contributed by atoms with Gasteiger partial charge in [-0.3, -0.25) is 4.79 Å². The number of rotatable bonds is 3. The Bertz CT molecular complexity index is 516. The summed E-state index contributed by atoms with van der Waals surface area (Å²) >= 11 is 7.37. The molecule has 0 saturated heterocycles. The largest absolute Gasteiger partial charge is 0.293 e. The summed E-state index contributed by atoms with van der Waals surface area (Å²) in [5.41, 5.74) is 2.02. The van der Waals surface area contributed by atoms with Crippen LogP contribution in [0.3, 0.4) is 0 Å². The first-order chi connectivity index (χ1) is 7.66. The van der Waals surface area contributed by atoms with E-state index in [1.165, 1.54) is 11.3 Å². The lowest BCUT2D eigenvalue weighted by Crippen LogP contribution is -2.02. The van der Waals surface area contributed by atoms with E-state index in [0.717, 1.165) is 16.0 Å². The fraction of sp³-hybridized carbons (Fsp3) is 0.154. The quantitative estimate of drug-likeness (QED) is 0.749. The molecule has 2 aromatic rings. The monoisotopic (exact) mass is 250 g/mol. The molecule has 0 atom stereocenters. The van der Waals surface area contributed by atoms with Gasteiger partial charge in [0, 0.05) is 11.4 Å². The summed E-state index contributed by atoms with van der Waals surface area (Å²) in [7, 11) is 0. The molecule has 82 valence electrons. The van der Waals surface area contributed by atoms with Crippen LogP contribution >= 0.6 is 22.9 Å². The molecule has 3 heteroatoms. The van der Waals surface area contributed by atoms with E-state index in [1.54, 1.807) is 0 Å². The van der Waals surface area contributed by atoms with Crippen LogP contribution < -0.4 is 0 Å². The first-order valence-corrected chi connectivity index (χ1v) is 6.24. The van der Waals surface area contributed by atoms with Crippen molar-refractivity contribution in [1.82, 2.24) is 0 Å². The van der Waals surface area contributed by atoms with Gasteiger partial charge in [-0.1, -0.05) is 23.7 Å². The van der Waals surface area contributed by atoms with E-state index >= 15 is 0 Å². The highest BCUT2D eigenvalue weighted by Gasteiger charge is 2.11. The van der Waals surface area contributed by atoms with E-state index in [1.807, 2.05) is 42.6 Å². The van der Waals surface area contributed by atoms with Crippen LogP contribution in [0.2, 0.25) is 5.02 Å². The van der Waals surface area contributed by atoms with Crippen molar-refractivity contribution in [2.24, 2.45) is 0 Å². The number of thiophene rings is 1. The minimum absolute atomic E-state index is 0.162. The fourth-order valence-electron chi connectivity index (χ4n) is 1.57. The summed E-state index contributed by atoms with van der Waals surface area (Å²) in [6.45, 7) is 1.96. The van der Waals surface area contributed by atoms with Gasteiger partial charge in [0.1, 0.15) is 0 Å². The molecule has 1 heterocycles. The van der Waals surface area contributed by atoms with Gasteiger partial charge in [0.2, 0.25) is 0 Å². The zero-order chi connectivity index (χ0) is 11.5. The van der Waals surface area contributed by atoms with Crippen molar-refractivity contribution in [1.29, 1.82) is 0 Å². The number of carbonyl (C=O) groups is 1. The Kier molecular flexibility index (Phi) is 3.42. The molecule has 0 fully saturated rings. The van der Waals surface area contributed by atoms with Gasteiger partial charge < -0.3 is 0 Å². The molecule has 0 N–H and O–H groups in total. The summed E-state index contributed by atoms with van der Waals surface area (Å²) in [6.07, 6.45) is 0.419. The van der Waals surface area contributed by atoms with Crippen LogP contribution in [-0.2, 0) is 6.42 Å². The number of Topliss-reactive ketones (excluding diaryl/α,β-unsaturated/α-hetero) is 1. The third-order valence-electron chi connectivity index (χ3n) is 2.37. The predicted octanol–water partition coefficient (Wildman–Crippen LogP) is 4.14. The molecule has 0 aliphatic heterocycles. The SMILES string of the molecule is Cc1ccsc1C(=O)Cc1cccc(Cl)c1. The Morgan fingerprint density at radius 1 is 1.38 bits per heavy atom. The Morgan fingerprint density at radius 2 is 2.19 bits per heavy atom. The van der Waals surface area contributed by atoms with E-state index in [2.05, 4.69) is 0 Å². The van der Waals surface area contributed by atoms with Crippen molar-refractivity contribution in [3.05, 3.63) is 56.7 Å². The van der Waals surface area contributed by atoms with Crippen LogP contribution in [0.25, 0.3) is 0 Å². The normalized spacial score (nSPS) is 10.4. The minimum Gasteiger partial charge on any atom is -0.293 e. The average molecular weight is 251 g/mol. The van der Waals surface area contributed by atoms with E-state index in [4.69, 9.17) is 11.6 Å². The van der Waals surface area contributed by atoms with Gasteiger partial charge in [0.15, 0.2) is 5.78 Å². The molecule has 16 heavy (non-hydrogen) atoms. The van der Waals surface area contributed by atoms with Gasteiger partial charge in [-0.15, -0.1) is 11.3 Å². The summed E-state index contributed by atoms with van der Waals surface area (Å²) in [5.74, 6) is 0.162. The molecular weight excluding hydrogens is 240 g/mol. The van der Waals surface area contributed by atoms with Crippen molar-refractivity contribution in [2.45, 2.75) is 13.3 Å². The van der Waals surface area contributed by atoms with Gasteiger partial charge in [-0.05, 0) is 41.6 Å². The second-order valence-corrected chi connectivity index (χ2v) is 5.02. The Morgan fingerprint density at radius 3 is 2.81 bits per heavy atom. The molecule has 0 spiro atoms. The lowest BCUT2D eigenvalue weighted by molar-refractivity contribution is 0.0996. The highest BCUT2D eigenvalue weighted by molar-refractivity contribution is 7.12. The fourth-order valence-corrected chi connectivity index (χ4v) is 2.65. The van der Waals surface area contributed by atoms with Gasteiger partial charge in [0.05, 0.1) is 4.88 Å². The molecular formula is C13H11ClOS. The number of carbonyl (C=O) groups excluding carboxylic acids is 1. The number of ketones is 1. The van der Waals surface area contributed by atoms with Gasteiger partial charge >= 0.3 is 0 Å². The molecule has 0 aliphatic rings. The van der Waals surface area contributed by atoms with Crippen molar-refractivity contribution >= 4 is 28.7 Å². The average Bonchev–Trinajstić information content (AvgIpc) is 2.64. The molecule has 0 aliphatic carbocycles. The van der Waals surface area contributed by atoms with Crippen LogP contribution in [0.1, 0.15) is 20.8 Å². The molecule has 1 aromatic carbocycles. The maximum Gasteiger partial charge on any atom is 0.177 e. The molecule has 0 radical (unpaired) electrons. The number of aryl methyl sites for hydroxylation is 1. The second kappa shape index (κ2) is 4.81. The second-order valence-electron chi connectivity index (χ2n) is 3.66. The van der Waals surface area contributed by atoms with Gasteiger partial charge in [-0.25, -0.2) is 0 Å². The molecule has 0 amide bonds. The molecule has 0 bridgehead atoms. The minimum atomic E-state index is 0.162. The zero-order valence-corrected chi connectivity index (χ0v) is 10.4. The van der Waals surface area contributed by atoms with E-state index in [9.17, 15) is 4.79 Å². The maximum atomic E-state index is 12.0. The number of hydrogen-bond acceptors (Lipinski definition) is 2. The van der Waals surface area contributed by atoms with Crippen molar-refractivity contribution in [2.75, 3.05) is 0 Å². The van der Waals surface area contributed by atoms with Crippen LogP contribution in [0.4, 0.5) is 0 Å². The first-order valence-electron chi connectivity index (χ1n) is 4.98. The Labute approximate surface area is 104 Å². The van der Waals surface area contributed by atoms with E-state index < -0.39 is 0 Å². The molecule has 0 unspecified atom stereocenters. The van der Waals surface area contributed by atoms with Crippen LogP contribution in [0, 0.1) is 6.92 Å². The lowest BCUT2D eigenvalue weighted by atomic mass is 10.1. The van der Waals surface area contributed by atoms with Crippen LogP contribution in [0.15, 0.2) is 35.7 Å². The third kappa shape index (κ3) is 2.52. The third-order valence-corrected chi connectivity index (χ3v) is 3.66. The standard InChI is InChI=1S/C13H11ClOS/c1-9-5-6-16-13(9)12(15)8-10-3-2-4-11(14)7-10/h2-7H,8H2,1H3. The van der Waals surface area contributed by atoms with Crippen LogP contribution in [0.5, 0.6) is 0 Å². The lowest BCUT2D eigenvalue weighted by Gasteiger charge is -2.01. The number of halogens is 1. The molecule has 2 rings (SSSR count). The highest BCUT2D eigenvalue weighted by Crippen LogP contribution is 2.19. The van der Waals surface area contributed by atoms with Crippen molar-refractivity contribution in [3.63, 3.8) is 0 Å². The Hall–Kier alpha value is -1.12. The maximum absolute atomic E-state index is 12.0. The van der Waals surface area contributed by atoms with E-state index in [-0.39, 0.29) is 5.78 Å². The smallest absolute Gasteiger partial charge is 0.177 e. The van der Waals surface area contributed by atoms with Gasteiger partial charge in [0.25, 0.3) is 0 Å². The number of benzene rings is 1. The molecule has 1 nitrogen and oxygen atoms in total. The predicted molar refractivity (Wildman–Crippen MR) is 68.5 cm³/mol. The summed E-state index contributed by atoms with van der Waals surface area (Å²) in [4.78, 5) is 12.8. The summed E-state index contributed by atoms with van der Waals surface area (Å²) in [5, 5.41) is 2.62. The first kappa shape index (κ1) is 11.4. The molecule has 0 saturated carbocycles.